The fourth-order valence-corrected chi connectivity index (χ4v) is 3.44. The topological polar surface area (TPSA) is 39.7 Å². The van der Waals surface area contributed by atoms with Crippen LogP contribution in [-0.4, -0.2) is 67.8 Å². The first-order chi connectivity index (χ1) is 10.4. The van der Waals surface area contributed by atoms with Crippen LogP contribution in [0.4, 0.5) is 13.2 Å². The maximum Gasteiger partial charge on any atom is 0.401 e. The molecule has 0 amide bonds. The van der Waals surface area contributed by atoms with Crippen molar-refractivity contribution in [1.29, 1.82) is 0 Å². The van der Waals surface area contributed by atoms with Gasteiger partial charge in [0.2, 0.25) is 0 Å². The number of guanidine groups is 1. The monoisotopic (exact) mass is 468 g/mol. The molecule has 0 aromatic rings. The predicted octanol–water partition coefficient (Wildman–Crippen LogP) is 2.94. The number of hydrogen-bond donors (Lipinski definition) is 2. The highest BCUT2D eigenvalue weighted by molar-refractivity contribution is 14.0. The van der Waals surface area contributed by atoms with Gasteiger partial charge in [-0.25, -0.2) is 0 Å². The van der Waals surface area contributed by atoms with E-state index >= 15 is 0 Å². The van der Waals surface area contributed by atoms with Crippen molar-refractivity contribution in [1.82, 2.24) is 15.5 Å². The van der Waals surface area contributed by atoms with Crippen LogP contribution < -0.4 is 10.6 Å². The Labute approximate surface area is 158 Å². The van der Waals surface area contributed by atoms with Crippen molar-refractivity contribution < 1.29 is 13.2 Å². The zero-order valence-electron chi connectivity index (χ0n) is 13.8. The van der Waals surface area contributed by atoms with Crippen LogP contribution in [0.15, 0.2) is 4.99 Å². The van der Waals surface area contributed by atoms with E-state index in [4.69, 9.17) is 0 Å². The summed E-state index contributed by atoms with van der Waals surface area (Å²) in [4.78, 5) is 5.84. The first kappa shape index (κ1) is 23.1. The van der Waals surface area contributed by atoms with E-state index in [-0.39, 0.29) is 24.0 Å². The summed E-state index contributed by atoms with van der Waals surface area (Å²) >= 11 is 1.96. The summed E-state index contributed by atoms with van der Waals surface area (Å²) in [6.07, 6.45) is -0.997. The zero-order valence-corrected chi connectivity index (χ0v) is 16.9. The molecule has 0 saturated carbocycles. The summed E-state index contributed by atoms with van der Waals surface area (Å²) in [5, 5.41) is 6.96. The lowest BCUT2D eigenvalue weighted by molar-refractivity contribution is -0.143. The molecule has 1 aliphatic heterocycles. The lowest BCUT2D eigenvalue weighted by Gasteiger charge is -2.19. The molecule has 0 spiro atoms. The van der Waals surface area contributed by atoms with Gasteiger partial charge in [0.1, 0.15) is 0 Å². The van der Waals surface area contributed by atoms with Gasteiger partial charge in [0.25, 0.3) is 0 Å². The number of rotatable bonds is 8. The van der Waals surface area contributed by atoms with Gasteiger partial charge >= 0.3 is 6.18 Å². The number of nitrogens with zero attached hydrogens (tertiary/aromatic N) is 2. The van der Waals surface area contributed by atoms with E-state index in [0.29, 0.717) is 24.8 Å². The largest absolute Gasteiger partial charge is 0.401 e. The van der Waals surface area contributed by atoms with Gasteiger partial charge in [-0.1, -0.05) is 0 Å². The Balaban J connectivity index is 0.00000484. The first-order valence-corrected chi connectivity index (χ1v) is 8.84. The van der Waals surface area contributed by atoms with Crippen molar-refractivity contribution in [2.24, 2.45) is 4.99 Å². The molecule has 1 fully saturated rings. The van der Waals surface area contributed by atoms with Crippen LogP contribution in [0.5, 0.6) is 0 Å². The minimum Gasteiger partial charge on any atom is -0.357 e. The van der Waals surface area contributed by atoms with Crippen molar-refractivity contribution in [2.75, 3.05) is 45.5 Å². The molecular weight excluding hydrogens is 440 g/mol. The molecule has 0 bridgehead atoms. The van der Waals surface area contributed by atoms with E-state index in [9.17, 15) is 13.2 Å². The minimum absolute atomic E-state index is 0. The van der Waals surface area contributed by atoms with E-state index in [2.05, 4.69) is 15.6 Å². The van der Waals surface area contributed by atoms with Crippen LogP contribution in [0.2, 0.25) is 0 Å². The summed E-state index contributed by atoms with van der Waals surface area (Å²) in [7, 11) is 1.49. The summed E-state index contributed by atoms with van der Waals surface area (Å²) in [6, 6.07) is 0. The molecule has 1 rings (SSSR count). The third kappa shape index (κ3) is 12.2. The van der Waals surface area contributed by atoms with Gasteiger partial charge in [-0.3, -0.25) is 9.89 Å². The van der Waals surface area contributed by atoms with Crippen LogP contribution in [0, 0.1) is 0 Å². The second kappa shape index (κ2) is 12.5. The fourth-order valence-electron chi connectivity index (χ4n) is 2.26. The smallest absolute Gasteiger partial charge is 0.357 e. The molecule has 1 heterocycles. The van der Waals surface area contributed by atoms with Crippen molar-refractivity contribution in [3.63, 3.8) is 0 Å². The quantitative estimate of drug-likeness (QED) is 0.249. The number of alkyl halides is 3. The Bertz CT molecular complexity index is 336. The number of halogens is 4. The molecule has 138 valence electrons. The second-order valence-electron chi connectivity index (χ2n) is 5.49. The van der Waals surface area contributed by atoms with Crippen LogP contribution in [-0.2, 0) is 0 Å². The second-order valence-corrected chi connectivity index (χ2v) is 6.90. The lowest BCUT2D eigenvalue weighted by atomic mass is 10.2. The first-order valence-electron chi connectivity index (χ1n) is 7.80. The summed E-state index contributed by atoms with van der Waals surface area (Å²) < 4.78 is 36.6. The number of hydrogen-bond acceptors (Lipinski definition) is 3. The zero-order chi connectivity index (χ0) is 16.4. The van der Waals surface area contributed by atoms with Crippen molar-refractivity contribution in [2.45, 2.75) is 37.6 Å². The van der Waals surface area contributed by atoms with E-state index in [1.807, 2.05) is 18.7 Å². The third-order valence-electron chi connectivity index (χ3n) is 3.28. The normalized spacial score (nSPS) is 18.9. The Morgan fingerprint density at radius 1 is 1.35 bits per heavy atom. The highest BCUT2D eigenvalue weighted by Crippen LogP contribution is 2.25. The van der Waals surface area contributed by atoms with Crippen LogP contribution >= 0.6 is 35.7 Å². The minimum atomic E-state index is -4.13. The lowest BCUT2D eigenvalue weighted by Crippen LogP contribution is -2.39. The van der Waals surface area contributed by atoms with Gasteiger partial charge in [0.05, 0.1) is 13.1 Å². The summed E-state index contributed by atoms with van der Waals surface area (Å²) in [5.74, 6) is 1.98. The molecular formula is C14H28F3IN4S. The number of nitrogens with one attached hydrogen (secondary N) is 2. The molecule has 1 saturated heterocycles. The third-order valence-corrected chi connectivity index (χ3v) is 4.66. The van der Waals surface area contributed by atoms with E-state index in [0.717, 1.165) is 19.0 Å². The maximum absolute atomic E-state index is 12.2. The highest BCUT2D eigenvalue weighted by Gasteiger charge is 2.28. The van der Waals surface area contributed by atoms with Crippen molar-refractivity contribution in [3.05, 3.63) is 0 Å². The van der Waals surface area contributed by atoms with Gasteiger partial charge in [0.15, 0.2) is 5.96 Å². The fraction of sp³-hybridized carbons (Fsp3) is 0.929. The van der Waals surface area contributed by atoms with E-state index in [1.165, 1.54) is 30.5 Å². The van der Waals surface area contributed by atoms with Gasteiger partial charge in [-0.2, -0.15) is 24.9 Å². The molecule has 23 heavy (non-hydrogen) atoms. The van der Waals surface area contributed by atoms with Crippen molar-refractivity contribution >= 4 is 41.7 Å². The Hall–Kier alpha value is 0.1000. The van der Waals surface area contributed by atoms with Crippen LogP contribution in [0.25, 0.3) is 0 Å². The van der Waals surface area contributed by atoms with Gasteiger partial charge in [-0.15, -0.1) is 24.0 Å². The molecule has 1 aliphatic rings. The molecule has 2 N–H and O–H groups in total. The van der Waals surface area contributed by atoms with Crippen LogP contribution in [0.3, 0.4) is 0 Å². The maximum atomic E-state index is 12.2. The van der Waals surface area contributed by atoms with Gasteiger partial charge in [-0.05, 0) is 45.5 Å². The standard InChI is InChI=1S/C14H27F3N4S.HI/c1-3-18-13(20-10-12-6-4-9-22-12)19-7-5-8-21(2)11-14(15,16)17;/h12H,3-11H2,1-2H3,(H2,18,19,20);1H. The molecule has 4 nitrogen and oxygen atoms in total. The SMILES string of the molecule is CCNC(=NCC1CCCS1)NCCCN(C)CC(F)(F)F.I. The molecule has 0 aromatic carbocycles. The number of thioether (sulfide) groups is 1. The molecule has 1 unspecified atom stereocenters. The Kier molecular flexibility index (Phi) is 12.5. The highest BCUT2D eigenvalue weighted by atomic mass is 127. The molecule has 0 aromatic heterocycles. The molecule has 1 atom stereocenters. The molecule has 0 aliphatic carbocycles. The van der Waals surface area contributed by atoms with E-state index in [1.54, 1.807) is 0 Å². The molecule has 9 heteroatoms. The Morgan fingerprint density at radius 2 is 2.09 bits per heavy atom. The average Bonchev–Trinajstić information content (AvgIpc) is 2.92. The number of aliphatic imine (C=N–C) groups is 1. The van der Waals surface area contributed by atoms with Crippen LogP contribution in [0.1, 0.15) is 26.2 Å². The summed E-state index contributed by atoms with van der Waals surface area (Å²) in [5.41, 5.74) is 0. The predicted molar refractivity (Wildman–Crippen MR) is 103 cm³/mol. The molecule has 0 radical (unpaired) electrons. The van der Waals surface area contributed by atoms with Crippen molar-refractivity contribution in [3.8, 4) is 0 Å². The van der Waals surface area contributed by atoms with Gasteiger partial charge < -0.3 is 10.6 Å². The Morgan fingerprint density at radius 3 is 2.65 bits per heavy atom. The summed E-state index contributed by atoms with van der Waals surface area (Å²) in [6.45, 7) is 3.74. The van der Waals surface area contributed by atoms with E-state index < -0.39 is 12.7 Å². The average molecular weight is 468 g/mol. The van der Waals surface area contributed by atoms with Gasteiger partial charge in [0, 0.05) is 18.3 Å².